The molecule has 0 N–H and O–H groups in total. The third-order valence-electron chi connectivity index (χ3n) is 4.57. The third kappa shape index (κ3) is 4.03. The molecule has 1 aromatic heterocycles. The van der Waals surface area contributed by atoms with Crippen LogP contribution >= 0.6 is 11.3 Å². The fourth-order valence-electron chi connectivity index (χ4n) is 3.05. The first-order valence-corrected chi connectivity index (χ1v) is 9.68. The molecule has 0 bridgehead atoms. The number of amides is 2. The minimum atomic E-state index is -0.464. The summed E-state index contributed by atoms with van der Waals surface area (Å²) in [6.07, 6.45) is 0.245. The van der Waals surface area contributed by atoms with Crippen molar-refractivity contribution in [3.8, 4) is 0 Å². The van der Waals surface area contributed by atoms with Crippen molar-refractivity contribution in [1.82, 2.24) is 0 Å². The molecule has 0 fully saturated rings. The van der Waals surface area contributed by atoms with E-state index in [1.165, 1.54) is 21.1 Å². The molecule has 0 spiro atoms. The molecule has 0 saturated heterocycles. The maximum atomic E-state index is 12.9. The van der Waals surface area contributed by atoms with Crippen LogP contribution in [0.25, 0.3) is 0 Å². The standard InChI is InChI=1S/C20H22N2O4S/c1-4-26-20(25)12-22-17-9-14(3)13(2)8-16(17)21(11-19(22)24)18(23)10-15-6-5-7-27-15/h5-9H,4,10-12H2,1-3H3. The molecule has 1 aliphatic rings. The molecule has 7 heteroatoms. The van der Waals surface area contributed by atoms with E-state index in [4.69, 9.17) is 4.74 Å². The van der Waals surface area contributed by atoms with Gasteiger partial charge in [0.2, 0.25) is 11.8 Å². The topological polar surface area (TPSA) is 66.9 Å². The number of hydrogen-bond acceptors (Lipinski definition) is 5. The van der Waals surface area contributed by atoms with Crippen LogP contribution in [-0.4, -0.2) is 37.5 Å². The Morgan fingerprint density at radius 3 is 2.52 bits per heavy atom. The Morgan fingerprint density at radius 1 is 1.19 bits per heavy atom. The van der Waals surface area contributed by atoms with Crippen LogP contribution in [0.5, 0.6) is 0 Å². The van der Waals surface area contributed by atoms with Gasteiger partial charge in [0.1, 0.15) is 13.1 Å². The van der Waals surface area contributed by atoms with Crippen LogP contribution in [0.3, 0.4) is 0 Å². The van der Waals surface area contributed by atoms with Gasteiger partial charge in [-0.3, -0.25) is 19.3 Å². The van der Waals surface area contributed by atoms with E-state index < -0.39 is 5.97 Å². The summed E-state index contributed by atoms with van der Waals surface area (Å²) in [6, 6.07) is 7.56. The Bertz CT molecular complexity index is 876. The van der Waals surface area contributed by atoms with Crippen molar-refractivity contribution >= 4 is 40.5 Å². The first-order chi connectivity index (χ1) is 12.9. The molecule has 3 rings (SSSR count). The number of nitrogens with zero attached hydrogens (tertiary/aromatic N) is 2. The average Bonchev–Trinajstić information content (AvgIpc) is 3.12. The van der Waals surface area contributed by atoms with Gasteiger partial charge in [-0.15, -0.1) is 11.3 Å². The molecule has 6 nitrogen and oxygen atoms in total. The summed E-state index contributed by atoms with van der Waals surface area (Å²) in [5.41, 5.74) is 3.24. The minimum Gasteiger partial charge on any atom is -0.465 e. The van der Waals surface area contributed by atoms with E-state index in [0.717, 1.165) is 16.0 Å². The Balaban J connectivity index is 1.96. The first kappa shape index (κ1) is 19.1. The molecule has 1 aliphatic heterocycles. The Labute approximate surface area is 162 Å². The van der Waals surface area contributed by atoms with Gasteiger partial charge < -0.3 is 9.64 Å². The van der Waals surface area contributed by atoms with Crippen LogP contribution in [0.2, 0.25) is 0 Å². The summed E-state index contributed by atoms with van der Waals surface area (Å²) in [5, 5.41) is 1.92. The number of thiophene rings is 1. The summed E-state index contributed by atoms with van der Waals surface area (Å²) < 4.78 is 4.99. The molecule has 2 heterocycles. The zero-order valence-electron chi connectivity index (χ0n) is 15.7. The van der Waals surface area contributed by atoms with E-state index in [0.29, 0.717) is 11.4 Å². The van der Waals surface area contributed by atoms with Crippen LogP contribution < -0.4 is 9.80 Å². The Hall–Kier alpha value is -2.67. The van der Waals surface area contributed by atoms with Crippen LogP contribution in [0.15, 0.2) is 29.6 Å². The van der Waals surface area contributed by atoms with E-state index in [1.807, 2.05) is 43.5 Å². The fourth-order valence-corrected chi connectivity index (χ4v) is 3.74. The summed E-state index contributed by atoms with van der Waals surface area (Å²) in [5.74, 6) is -0.891. The lowest BCUT2D eigenvalue weighted by Crippen LogP contribution is -2.50. The largest absolute Gasteiger partial charge is 0.465 e. The van der Waals surface area contributed by atoms with Crippen molar-refractivity contribution < 1.29 is 19.1 Å². The second kappa shape index (κ2) is 7.92. The zero-order chi connectivity index (χ0) is 19.6. The quantitative estimate of drug-likeness (QED) is 0.741. The molecule has 0 aliphatic carbocycles. The van der Waals surface area contributed by atoms with E-state index in [9.17, 15) is 14.4 Å². The van der Waals surface area contributed by atoms with Gasteiger partial charge in [-0.2, -0.15) is 0 Å². The average molecular weight is 386 g/mol. The molecule has 0 saturated carbocycles. The van der Waals surface area contributed by atoms with Crippen LogP contribution in [0, 0.1) is 13.8 Å². The van der Waals surface area contributed by atoms with Gasteiger partial charge in [0.15, 0.2) is 0 Å². The molecule has 142 valence electrons. The van der Waals surface area contributed by atoms with Crippen molar-refractivity contribution in [1.29, 1.82) is 0 Å². The number of benzene rings is 1. The van der Waals surface area contributed by atoms with Crippen molar-refractivity contribution in [3.63, 3.8) is 0 Å². The number of rotatable bonds is 5. The predicted molar refractivity (Wildman–Crippen MR) is 105 cm³/mol. The third-order valence-corrected chi connectivity index (χ3v) is 5.44. The van der Waals surface area contributed by atoms with Crippen molar-refractivity contribution in [2.45, 2.75) is 27.2 Å². The summed E-state index contributed by atoms with van der Waals surface area (Å²) in [6.45, 7) is 5.64. The Morgan fingerprint density at radius 2 is 1.89 bits per heavy atom. The van der Waals surface area contributed by atoms with Gasteiger partial charge >= 0.3 is 5.97 Å². The highest BCUT2D eigenvalue weighted by atomic mass is 32.1. The summed E-state index contributed by atoms with van der Waals surface area (Å²) in [7, 11) is 0. The lowest BCUT2D eigenvalue weighted by Gasteiger charge is -2.36. The lowest BCUT2D eigenvalue weighted by atomic mass is 10.0. The predicted octanol–water partition coefficient (Wildman–Crippen LogP) is 2.85. The molecular weight excluding hydrogens is 364 g/mol. The Kier molecular flexibility index (Phi) is 5.60. The van der Waals surface area contributed by atoms with Crippen molar-refractivity contribution in [2.24, 2.45) is 0 Å². The number of aryl methyl sites for hydroxylation is 2. The highest BCUT2D eigenvalue weighted by molar-refractivity contribution is 7.10. The molecule has 0 unspecified atom stereocenters. The lowest BCUT2D eigenvalue weighted by molar-refractivity contribution is -0.142. The zero-order valence-corrected chi connectivity index (χ0v) is 16.5. The highest BCUT2D eigenvalue weighted by Gasteiger charge is 2.34. The number of carbonyl (C=O) groups is 3. The smallest absolute Gasteiger partial charge is 0.326 e. The molecule has 2 aromatic rings. The number of esters is 1. The van der Waals surface area contributed by atoms with Gasteiger partial charge in [0.25, 0.3) is 0 Å². The first-order valence-electron chi connectivity index (χ1n) is 8.80. The van der Waals surface area contributed by atoms with Gasteiger partial charge in [-0.1, -0.05) is 6.07 Å². The summed E-state index contributed by atoms with van der Waals surface area (Å²) >= 11 is 1.51. The second-order valence-corrected chi connectivity index (χ2v) is 7.48. The number of hydrogen-bond donors (Lipinski definition) is 0. The maximum Gasteiger partial charge on any atom is 0.326 e. The van der Waals surface area contributed by atoms with Crippen LogP contribution in [-0.2, 0) is 25.5 Å². The van der Waals surface area contributed by atoms with Crippen molar-refractivity contribution in [2.75, 3.05) is 29.5 Å². The molecule has 27 heavy (non-hydrogen) atoms. The van der Waals surface area contributed by atoms with Crippen LogP contribution in [0.4, 0.5) is 11.4 Å². The fraction of sp³-hybridized carbons (Fsp3) is 0.350. The molecule has 2 amide bonds. The van der Waals surface area contributed by atoms with Gasteiger partial charge in [-0.05, 0) is 55.5 Å². The normalized spacial score (nSPS) is 13.5. The van der Waals surface area contributed by atoms with E-state index in [1.54, 1.807) is 6.92 Å². The van der Waals surface area contributed by atoms with Gasteiger partial charge in [0, 0.05) is 4.88 Å². The maximum absolute atomic E-state index is 12.9. The van der Waals surface area contributed by atoms with E-state index in [2.05, 4.69) is 0 Å². The summed E-state index contributed by atoms with van der Waals surface area (Å²) in [4.78, 5) is 41.4. The van der Waals surface area contributed by atoms with Crippen molar-refractivity contribution in [3.05, 3.63) is 45.6 Å². The highest BCUT2D eigenvalue weighted by Crippen LogP contribution is 2.36. The van der Waals surface area contributed by atoms with E-state index in [-0.39, 0.29) is 37.9 Å². The van der Waals surface area contributed by atoms with Crippen LogP contribution in [0.1, 0.15) is 22.9 Å². The van der Waals surface area contributed by atoms with E-state index >= 15 is 0 Å². The molecular formula is C20H22N2O4S. The van der Waals surface area contributed by atoms with Gasteiger partial charge in [-0.25, -0.2) is 0 Å². The second-order valence-electron chi connectivity index (χ2n) is 6.45. The number of anilines is 2. The number of carbonyl (C=O) groups excluding carboxylic acids is 3. The minimum absolute atomic E-state index is 0.0842. The monoisotopic (exact) mass is 386 g/mol. The number of fused-ring (bicyclic) bond motifs is 1. The number of ether oxygens (including phenoxy) is 1. The molecule has 1 aromatic carbocycles. The SMILES string of the molecule is CCOC(=O)CN1C(=O)CN(C(=O)Cc2cccs2)c2cc(C)c(C)cc21. The molecule has 0 radical (unpaired) electrons. The molecule has 0 atom stereocenters. The van der Waals surface area contributed by atoms with Gasteiger partial charge in [0.05, 0.1) is 24.4 Å².